The van der Waals surface area contributed by atoms with E-state index in [1.54, 1.807) is 37.2 Å². The molecule has 178 valence electrons. The number of carbonyl (C=O) groups excluding carboxylic acids is 2. The van der Waals surface area contributed by atoms with Crippen LogP contribution in [-0.4, -0.2) is 53.2 Å². The van der Waals surface area contributed by atoms with E-state index in [0.29, 0.717) is 46.4 Å². The van der Waals surface area contributed by atoms with Crippen LogP contribution in [0.25, 0.3) is 0 Å². The summed E-state index contributed by atoms with van der Waals surface area (Å²) in [7, 11) is -3.63. The first-order valence-electron chi connectivity index (χ1n) is 11.0. The van der Waals surface area contributed by atoms with Crippen LogP contribution in [0.5, 0.6) is 0 Å². The summed E-state index contributed by atoms with van der Waals surface area (Å²) in [6.07, 6.45) is 3.79. The van der Waals surface area contributed by atoms with E-state index in [4.69, 9.17) is 0 Å². The number of sulfonamides is 1. The summed E-state index contributed by atoms with van der Waals surface area (Å²) in [5, 5.41) is 3.24. The first kappa shape index (κ1) is 25.3. The lowest BCUT2D eigenvalue weighted by Crippen LogP contribution is -2.32. The van der Waals surface area contributed by atoms with E-state index in [2.05, 4.69) is 15.3 Å². The third-order valence-corrected chi connectivity index (χ3v) is 8.53. The lowest BCUT2D eigenvalue weighted by atomic mass is 10.2. The van der Waals surface area contributed by atoms with Crippen LogP contribution in [0.3, 0.4) is 0 Å². The molecule has 1 saturated heterocycles. The predicted molar refractivity (Wildman–Crippen MR) is 129 cm³/mol. The van der Waals surface area contributed by atoms with Crippen molar-refractivity contribution in [3.8, 4) is 0 Å². The summed E-state index contributed by atoms with van der Waals surface area (Å²) < 4.78 is 28.0. The van der Waals surface area contributed by atoms with Gasteiger partial charge in [0.25, 0.3) is 0 Å². The summed E-state index contributed by atoms with van der Waals surface area (Å²) in [5.41, 5.74) is 2.06. The molecule has 1 aliphatic rings. The Kier molecular flexibility index (Phi) is 8.25. The number of benzene rings is 1. The highest BCUT2D eigenvalue weighted by atomic mass is 32.2. The quantitative estimate of drug-likeness (QED) is 0.356. The van der Waals surface area contributed by atoms with Gasteiger partial charge in [0.2, 0.25) is 15.9 Å². The van der Waals surface area contributed by atoms with Crippen LogP contribution in [-0.2, 0) is 14.8 Å². The number of thioether (sulfide) groups is 1. The number of hydrogen-bond donors (Lipinski definition) is 1. The SMILES string of the molecule is CC(=O)c1c(C)nc(C)nc1SCC(=O)Nc1ccc(C)c(S(=O)(=O)N2CCCCCC2)c1. The molecular weight excluding hydrogens is 460 g/mol. The monoisotopic (exact) mass is 490 g/mol. The van der Waals surface area contributed by atoms with Crippen molar-refractivity contribution in [2.45, 2.75) is 63.3 Å². The number of amides is 1. The first-order valence-corrected chi connectivity index (χ1v) is 13.4. The lowest BCUT2D eigenvalue weighted by Gasteiger charge is -2.21. The Morgan fingerprint density at radius 1 is 1.06 bits per heavy atom. The number of carbonyl (C=O) groups is 2. The molecule has 10 heteroatoms. The van der Waals surface area contributed by atoms with Crippen LogP contribution in [0.15, 0.2) is 28.1 Å². The lowest BCUT2D eigenvalue weighted by molar-refractivity contribution is -0.113. The highest BCUT2D eigenvalue weighted by Crippen LogP contribution is 2.27. The van der Waals surface area contributed by atoms with Crippen LogP contribution in [0.2, 0.25) is 0 Å². The maximum atomic E-state index is 13.2. The number of hydrogen-bond acceptors (Lipinski definition) is 7. The summed E-state index contributed by atoms with van der Waals surface area (Å²) in [5.74, 6) is 0.0862. The molecule has 0 spiro atoms. The van der Waals surface area contributed by atoms with Crippen LogP contribution >= 0.6 is 11.8 Å². The Morgan fingerprint density at radius 2 is 1.73 bits per heavy atom. The number of aromatic nitrogens is 2. The Morgan fingerprint density at radius 3 is 2.36 bits per heavy atom. The Bertz CT molecular complexity index is 1160. The predicted octanol–water partition coefficient (Wildman–Crippen LogP) is 3.90. The molecule has 1 fully saturated rings. The Hall–Kier alpha value is -2.30. The van der Waals surface area contributed by atoms with Crippen LogP contribution in [0, 0.1) is 20.8 Å². The van der Waals surface area contributed by atoms with E-state index in [1.165, 1.54) is 13.0 Å². The molecule has 0 aliphatic carbocycles. The van der Waals surface area contributed by atoms with Gasteiger partial charge >= 0.3 is 0 Å². The van der Waals surface area contributed by atoms with E-state index in [-0.39, 0.29) is 22.3 Å². The normalized spacial score (nSPS) is 15.2. The minimum atomic E-state index is -3.63. The Labute approximate surface area is 199 Å². The van der Waals surface area contributed by atoms with Crippen molar-refractivity contribution in [3.05, 3.63) is 40.8 Å². The highest BCUT2D eigenvalue weighted by Gasteiger charge is 2.27. The van der Waals surface area contributed by atoms with E-state index in [1.807, 2.05) is 0 Å². The molecule has 0 unspecified atom stereocenters. The molecule has 0 atom stereocenters. The van der Waals surface area contributed by atoms with Gasteiger partial charge in [-0.15, -0.1) is 0 Å². The van der Waals surface area contributed by atoms with Gasteiger partial charge in [0.15, 0.2) is 5.78 Å². The fourth-order valence-electron chi connectivity index (χ4n) is 3.90. The smallest absolute Gasteiger partial charge is 0.243 e. The standard InChI is InChI=1S/C23H30N4O4S2/c1-15-9-10-19(13-20(15)33(30,31)27-11-7-5-6-8-12-27)26-21(29)14-32-23-22(17(3)28)16(2)24-18(4)25-23/h9-10,13H,5-8,11-12,14H2,1-4H3,(H,26,29). The van der Waals surface area contributed by atoms with Gasteiger partial charge < -0.3 is 5.32 Å². The molecular formula is C23H30N4O4S2. The van der Waals surface area contributed by atoms with Crippen molar-refractivity contribution in [1.82, 2.24) is 14.3 Å². The summed E-state index contributed by atoms with van der Waals surface area (Å²) >= 11 is 1.16. The third kappa shape index (κ3) is 6.18. The molecule has 33 heavy (non-hydrogen) atoms. The van der Waals surface area contributed by atoms with Crippen molar-refractivity contribution >= 4 is 39.2 Å². The van der Waals surface area contributed by atoms with Gasteiger partial charge in [0, 0.05) is 18.8 Å². The van der Waals surface area contributed by atoms with Gasteiger partial charge in [-0.1, -0.05) is 30.7 Å². The van der Waals surface area contributed by atoms with Gasteiger partial charge in [0.1, 0.15) is 10.9 Å². The average Bonchev–Trinajstić information content (AvgIpc) is 3.03. The summed E-state index contributed by atoms with van der Waals surface area (Å²) in [6.45, 7) is 7.73. The molecule has 0 saturated carbocycles. The van der Waals surface area contributed by atoms with Crippen LogP contribution in [0.4, 0.5) is 5.69 Å². The van der Waals surface area contributed by atoms with Crippen LogP contribution < -0.4 is 5.32 Å². The Balaban J connectivity index is 1.75. The summed E-state index contributed by atoms with van der Waals surface area (Å²) in [4.78, 5) is 33.4. The van der Waals surface area contributed by atoms with E-state index in [9.17, 15) is 18.0 Å². The number of aryl methyl sites for hydroxylation is 3. The second kappa shape index (κ2) is 10.8. The topological polar surface area (TPSA) is 109 Å². The molecule has 2 heterocycles. The van der Waals surface area contributed by atoms with E-state index in [0.717, 1.165) is 37.4 Å². The second-order valence-corrected chi connectivity index (χ2v) is 11.1. The van der Waals surface area contributed by atoms with Gasteiger partial charge in [-0.05, 0) is 58.2 Å². The maximum absolute atomic E-state index is 13.2. The number of anilines is 1. The molecule has 3 rings (SSSR count). The third-order valence-electron chi connectivity index (χ3n) is 5.52. The fourth-order valence-corrected chi connectivity index (χ4v) is 6.64. The summed E-state index contributed by atoms with van der Waals surface area (Å²) in [6, 6.07) is 4.93. The van der Waals surface area contributed by atoms with Crippen molar-refractivity contribution in [3.63, 3.8) is 0 Å². The maximum Gasteiger partial charge on any atom is 0.243 e. The fraction of sp³-hybridized carbons (Fsp3) is 0.478. The average molecular weight is 491 g/mol. The molecule has 1 aliphatic heterocycles. The van der Waals surface area contributed by atoms with Gasteiger partial charge in [-0.2, -0.15) is 4.31 Å². The number of nitrogens with zero attached hydrogens (tertiary/aromatic N) is 3. The zero-order valence-corrected chi connectivity index (χ0v) is 21.1. The zero-order chi connectivity index (χ0) is 24.2. The highest BCUT2D eigenvalue weighted by molar-refractivity contribution is 8.00. The molecule has 2 aromatic rings. The van der Waals surface area contributed by atoms with Crippen LogP contribution in [0.1, 0.15) is 60.0 Å². The molecule has 1 aromatic carbocycles. The van der Waals surface area contributed by atoms with Crippen molar-refractivity contribution < 1.29 is 18.0 Å². The molecule has 1 amide bonds. The van der Waals surface area contributed by atoms with Crippen molar-refractivity contribution in [1.29, 1.82) is 0 Å². The number of Topliss-reactive ketones (excluding diaryl/α,β-unsaturated/α-hetero) is 1. The van der Waals surface area contributed by atoms with Crippen molar-refractivity contribution in [2.75, 3.05) is 24.2 Å². The number of rotatable bonds is 7. The minimum absolute atomic E-state index is 0.0260. The molecule has 1 aromatic heterocycles. The second-order valence-electron chi connectivity index (χ2n) is 8.23. The zero-order valence-electron chi connectivity index (χ0n) is 19.5. The van der Waals surface area contributed by atoms with Crippen molar-refractivity contribution in [2.24, 2.45) is 0 Å². The van der Waals surface area contributed by atoms with Gasteiger partial charge in [0.05, 0.1) is 21.9 Å². The largest absolute Gasteiger partial charge is 0.325 e. The number of ketones is 1. The molecule has 0 radical (unpaired) electrons. The molecule has 8 nitrogen and oxygen atoms in total. The minimum Gasteiger partial charge on any atom is -0.325 e. The molecule has 1 N–H and O–H groups in total. The van der Waals surface area contributed by atoms with E-state index >= 15 is 0 Å². The van der Waals surface area contributed by atoms with Gasteiger partial charge in [-0.25, -0.2) is 18.4 Å². The number of nitrogens with one attached hydrogen (secondary N) is 1. The first-order chi connectivity index (χ1) is 15.6. The van der Waals surface area contributed by atoms with Gasteiger partial charge in [-0.3, -0.25) is 9.59 Å². The van der Waals surface area contributed by atoms with E-state index < -0.39 is 10.0 Å². The molecule has 0 bridgehead atoms.